The average Bonchev–Trinajstić information content (AvgIpc) is 2.19. The maximum Gasteiger partial charge on any atom is 2.00 e. The summed E-state index contributed by atoms with van der Waals surface area (Å²) in [6.07, 6.45) is 10.6. The van der Waals surface area contributed by atoms with Gasteiger partial charge in [0.05, 0.1) is 0 Å². The fourth-order valence-electron chi connectivity index (χ4n) is 0.524. The smallest absolute Gasteiger partial charge is 0.250 e. The number of H-pyrrole nitrogens is 1. The molecule has 1 heterocycles. The molecular weight excluding hydrogens is 164 g/mol. The van der Waals surface area contributed by atoms with Crippen molar-refractivity contribution in [2.24, 2.45) is 0 Å². The van der Waals surface area contributed by atoms with Crippen LogP contribution in [0, 0.1) is 12.3 Å². The fourth-order valence-corrected chi connectivity index (χ4v) is 0.524. The van der Waals surface area contributed by atoms with Crippen molar-refractivity contribution in [1.29, 1.82) is 0 Å². The predicted molar refractivity (Wildman–Crippen MR) is 29.8 cm³/mol. The molecule has 0 aliphatic rings. The van der Waals surface area contributed by atoms with Gasteiger partial charge in [-0.25, -0.2) is 4.57 Å². The van der Waals surface area contributed by atoms with Crippen molar-refractivity contribution in [3.8, 4) is 12.3 Å². The summed E-state index contributed by atoms with van der Waals surface area (Å²) in [5, 5.41) is 0. The summed E-state index contributed by atoms with van der Waals surface area (Å²) < 4.78 is 1.89. The number of hydrogen-bond acceptors (Lipinski definition) is 0. The largest absolute Gasteiger partial charge is 2.00 e. The standard InChI is InChI=1S/C6H6N2.Cu/c1-2-4-8-5-3-7-6-8;/h1,3,5-6H,4H2;/q;+2/p+1. The first-order valence-electron chi connectivity index (χ1n) is 2.39. The van der Waals surface area contributed by atoms with Gasteiger partial charge in [-0.2, -0.15) is 0 Å². The Kier molecular flexibility index (Phi) is 3.87. The Morgan fingerprint density at radius 3 is 2.89 bits per heavy atom. The Balaban J connectivity index is 0.000000640. The summed E-state index contributed by atoms with van der Waals surface area (Å²) in [6.45, 7) is 0.642. The number of terminal acetylenes is 1. The van der Waals surface area contributed by atoms with Gasteiger partial charge in [0.15, 0.2) is 6.54 Å². The van der Waals surface area contributed by atoms with Crippen LogP contribution in [0.15, 0.2) is 18.7 Å². The molecule has 1 rings (SSSR count). The van der Waals surface area contributed by atoms with Crippen molar-refractivity contribution in [2.45, 2.75) is 6.54 Å². The monoisotopic (exact) mass is 170 g/mol. The van der Waals surface area contributed by atoms with E-state index in [9.17, 15) is 0 Å². The van der Waals surface area contributed by atoms with Crippen molar-refractivity contribution in [3.63, 3.8) is 0 Å². The summed E-state index contributed by atoms with van der Waals surface area (Å²) in [7, 11) is 0. The van der Waals surface area contributed by atoms with Crippen molar-refractivity contribution >= 4 is 0 Å². The van der Waals surface area contributed by atoms with Crippen LogP contribution < -0.4 is 4.57 Å². The molecule has 0 fully saturated rings. The number of nitrogens with zero attached hydrogens (tertiary/aromatic N) is 1. The summed E-state index contributed by atoms with van der Waals surface area (Å²) in [6, 6.07) is 0. The molecule has 1 aromatic heterocycles. The summed E-state index contributed by atoms with van der Waals surface area (Å²) in [5.41, 5.74) is 0. The van der Waals surface area contributed by atoms with Crippen molar-refractivity contribution in [3.05, 3.63) is 18.7 Å². The Labute approximate surface area is 64.8 Å². The molecule has 0 aliphatic heterocycles. The molecule has 1 N–H and O–H groups in total. The minimum absolute atomic E-state index is 0. The number of aromatic amines is 1. The molecule has 0 unspecified atom stereocenters. The Hall–Kier alpha value is -0.711. The number of imidazole rings is 1. The fraction of sp³-hybridized carbons (Fsp3) is 0.167. The third-order valence-electron chi connectivity index (χ3n) is 0.876. The van der Waals surface area contributed by atoms with Crippen molar-refractivity contribution < 1.29 is 21.6 Å². The van der Waals surface area contributed by atoms with Gasteiger partial charge in [0.2, 0.25) is 6.33 Å². The molecule has 0 spiro atoms. The summed E-state index contributed by atoms with van der Waals surface area (Å²) in [4.78, 5) is 2.88. The van der Waals surface area contributed by atoms with Crippen molar-refractivity contribution in [2.75, 3.05) is 0 Å². The maximum atomic E-state index is 5.04. The number of nitrogens with one attached hydrogen (secondary N) is 1. The molecular formula is C6H7CuN2+3. The van der Waals surface area contributed by atoms with E-state index in [0.717, 1.165) is 0 Å². The van der Waals surface area contributed by atoms with E-state index in [1.165, 1.54) is 0 Å². The van der Waals surface area contributed by atoms with E-state index in [4.69, 9.17) is 6.42 Å². The van der Waals surface area contributed by atoms with Gasteiger partial charge in [0, 0.05) is 0 Å². The minimum atomic E-state index is 0. The molecule has 0 aliphatic carbocycles. The molecule has 0 amide bonds. The van der Waals surface area contributed by atoms with Crippen LogP contribution in [0.1, 0.15) is 0 Å². The third-order valence-corrected chi connectivity index (χ3v) is 0.876. The second kappa shape index (κ2) is 4.20. The predicted octanol–water partition coefficient (Wildman–Crippen LogP) is -0.0671. The van der Waals surface area contributed by atoms with Crippen LogP contribution in [0.5, 0.6) is 0 Å². The van der Waals surface area contributed by atoms with E-state index in [1.54, 1.807) is 0 Å². The van der Waals surface area contributed by atoms with E-state index >= 15 is 0 Å². The SMILES string of the molecule is C#CC[n+]1cc[nH]c1.[Cu+2]. The molecule has 0 saturated heterocycles. The second-order valence-corrected chi connectivity index (χ2v) is 1.49. The third kappa shape index (κ3) is 2.36. The molecule has 0 saturated carbocycles. The average molecular weight is 171 g/mol. The molecule has 1 radical (unpaired) electrons. The molecule has 2 nitrogen and oxygen atoms in total. The molecule has 0 atom stereocenters. The van der Waals surface area contributed by atoms with Crippen LogP contribution in [0.4, 0.5) is 0 Å². The first-order chi connectivity index (χ1) is 3.93. The Morgan fingerprint density at radius 2 is 2.44 bits per heavy atom. The van der Waals surface area contributed by atoms with E-state index in [-0.39, 0.29) is 17.1 Å². The van der Waals surface area contributed by atoms with Gasteiger partial charge in [0.1, 0.15) is 12.4 Å². The molecule has 0 aromatic carbocycles. The minimum Gasteiger partial charge on any atom is -0.250 e. The Bertz CT molecular complexity index is 185. The van der Waals surface area contributed by atoms with Gasteiger partial charge < -0.3 is 0 Å². The summed E-state index contributed by atoms with van der Waals surface area (Å²) >= 11 is 0. The van der Waals surface area contributed by atoms with Crippen LogP contribution in [0.25, 0.3) is 0 Å². The van der Waals surface area contributed by atoms with Crippen LogP contribution in [-0.4, -0.2) is 4.98 Å². The van der Waals surface area contributed by atoms with Gasteiger partial charge in [-0.3, -0.25) is 4.98 Å². The first-order valence-corrected chi connectivity index (χ1v) is 2.39. The quantitative estimate of drug-likeness (QED) is 0.346. The normalized spacial score (nSPS) is 7.44. The molecule has 1 aromatic rings. The molecule has 9 heavy (non-hydrogen) atoms. The van der Waals surface area contributed by atoms with Crippen LogP contribution in [0.2, 0.25) is 0 Å². The van der Waals surface area contributed by atoms with E-state index in [2.05, 4.69) is 10.9 Å². The zero-order chi connectivity index (χ0) is 5.82. The Morgan fingerprint density at radius 1 is 1.67 bits per heavy atom. The summed E-state index contributed by atoms with van der Waals surface area (Å²) in [5.74, 6) is 2.51. The number of aromatic nitrogens is 2. The molecule has 49 valence electrons. The van der Waals surface area contributed by atoms with Gasteiger partial charge in [-0.15, -0.1) is 6.42 Å². The number of rotatable bonds is 1. The zero-order valence-electron chi connectivity index (χ0n) is 4.77. The van der Waals surface area contributed by atoms with Crippen molar-refractivity contribution in [1.82, 2.24) is 4.98 Å². The number of hydrogen-bond donors (Lipinski definition) is 1. The zero-order valence-corrected chi connectivity index (χ0v) is 5.71. The van der Waals surface area contributed by atoms with E-state index in [1.807, 2.05) is 23.3 Å². The van der Waals surface area contributed by atoms with Gasteiger partial charge in [-0.05, 0) is 0 Å². The van der Waals surface area contributed by atoms with Crippen LogP contribution in [-0.2, 0) is 23.6 Å². The van der Waals surface area contributed by atoms with Gasteiger partial charge in [-0.1, -0.05) is 5.92 Å². The maximum absolute atomic E-state index is 5.04. The van der Waals surface area contributed by atoms with Crippen LogP contribution in [0.3, 0.4) is 0 Å². The van der Waals surface area contributed by atoms with E-state index < -0.39 is 0 Å². The van der Waals surface area contributed by atoms with Gasteiger partial charge in [0.25, 0.3) is 0 Å². The molecule has 0 bridgehead atoms. The second-order valence-electron chi connectivity index (χ2n) is 1.49. The first kappa shape index (κ1) is 8.29. The molecule has 3 heteroatoms. The topological polar surface area (TPSA) is 19.7 Å². The van der Waals surface area contributed by atoms with Gasteiger partial charge >= 0.3 is 17.1 Å². The van der Waals surface area contributed by atoms with Crippen LogP contribution >= 0.6 is 0 Å². The van der Waals surface area contributed by atoms with E-state index in [0.29, 0.717) is 6.54 Å².